The Morgan fingerprint density at radius 3 is 2.00 bits per heavy atom. The normalized spacial score (nSPS) is 13.9. The molecule has 3 aromatic carbocycles. The molecule has 1 aliphatic carbocycles. The van der Waals surface area contributed by atoms with Gasteiger partial charge in [-0.1, -0.05) is 60.1 Å². The van der Waals surface area contributed by atoms with Crippen LogP contribution in [-0.4, -0.2) is 7.11 Å². The van der Waals surface area contributed by atoms with Crippen LogP contribution in [0.4, 0.5) is 0 Å². The van der Waals surface area contributed by atoms with Crippen LogP contribution in [0.15, 0.2) is 90.0 Å². The van der Waals surface area contributed by atoms with Crippen LogP contribution < -0.4 is 9.47 Å². The van der Waals surface area contributed by atoms with E-state index in [1.165, 1.54) is 5.57 Å². The molecule has 0 fully saturated rings. The highest BCUT2D eigenvalue weighted by Crippen LogP contribution is 2.40. The minimum atomic E-state index is 0.807. The van der Waals surface area contributed by atoms with Crippen LogP contribution in [0, 0.1) is 0 Å². The lowest BCUT2D eigenvalue weighted by Gasteiger charge is -2.19. The Morgan fingerprint density at radius 1 is 0.714 bits per heavy atom. The van der Waals surface area contributed by atoms with Gasteiger partial charge in [-0.3, -0.25) is 0 Å². The number of methoxy groups -OCH3 is 1. The second-order valence-corrected chi connectivity index (χ2v) is 6.99. The molecule has 28 heavy (non-hydrogen) atoms. The lowest BCUT2D eigenvalue weighted by molar-refractivity contribution is 0.415. The lowest BCUT2D eigenvalue weighted by atomic mass is 9.90. The number of ether oxygens (including phenoxy) is 2. The van der Waals surface area contributed by atoms with Crippen molar-refractivity contribution in [3.05, 3.63) is 101 Å². The van der Waals surface area contributed by atoms with Gasteiger partial charge in [0.2, 0.25) is 0 Å². The Bertz CT molecular complexity index is 1000. The molecule has 0 amide bonds. The molecule has 1 aliphatic rings. The van der Waals surface area contributed by atoms with Crippen molar-refractivity contribution in [2.45, 2.75) is 12.8 Å². The first-order valence-electron chi connectivity index (χ1n) is 9.31. The predicted molar refractivity (Wildman–Crippen MR) is 116 cm³/mol. The highest BCUT2D eigenvalue weighted by molar-refractivity contribution is 6.40. The number of allylic oxidation sites excluding steroid dienone is 4. The summed E-state index contributed by atoms with van der Waals surface area (Å²) in [6.07, 6.45) is 4.11. The minimum absolute atomic E-state index is 0.807. The summed E-state index contributed by atoms with van der Waals surface area (Å²) in [5.41, 5.74) is 4.48. The van der Waals surface area contributed by atoms with E-state index in [0.717, 1.165) is 51.8 Å². The van der Waals surface area contributed by atoms with Gasteiger partial charge in [-0.2, -0.15) is 0 Å². The van der Waals surface area contributed by atoms with Crippen molar-refractivity contribution in [1.82, 2.24) is 0 Å². The fraction of sp³-hybridized carbons (Fsp3) is 0.120. The van der Waals surface area contributed by atoms with Crippen LogP contribution in [0.1, 0.15) is 24.0 Å². The van der Waals surface area contributed by atoms with E-state index < -0.39 is 0 Å². The zero-order chi connectivity index (χ0) is 19.3. The van der Waals surface area contributed by atoms with E-state index in [0.29, 0.717) is 0 Å². The van der Waals surface area contributed by atoms with Gasteiger partial charge < -0.3 is 9.47 Å². The van der Waals surface area contributed by atoms with E-state index in [1.54, 1.807) is 7.11 Å². The van der Waals surface area contributed by atoms with Crippen molar-refractivity contribution in [3.63, 3.8) is 0 Å². The monoisotopic (exact) mass is 388 g/mol. The molecule has 0 N–H and O–H groups in total. The number of hydrogen-bond acceptors (Lipinski definition) is 2. The zero-order valence-electron chi connectivity index (χ0n) is 15.7. The molecule has 0 bridgehead atoms. The Kier molecular flexibility index (Phi) is 5.50. The molecule has 0 saturated heterocycles. The van der Waals surface area contributed by atoms with E-state index in [-0.39, 0.29) is 0 Å². The number of halogens is 1. The maximum Gasteiger partial charge on any atom is 0.127 e. The van der Waals surface area contributed by atoms with Crippen LogP contribution in [0.25, 0.3) is 11.1 Å². The molecular formula is C25H21ClO2. The summed E-state index contributed by atoms with van der Waals surface area (Å²) in [7, 11) is 1.67. The molecule has 0 spiro atoms. The molecule has 0 heterocycles. The first kappa shape index (κ1) is 18.4. The summed E-state index contributed by atoms with van der Waals surface area (Å²) < 4.78 is 11.1. The van der Waals surface area contributed by atoms with Gasteiger partial charge in [0.15, 0.2) is 0 Å². The Labute approximate surface area is 170 Å². The van der Waals surface area contributed by atoms with Gasteiger partial charge in [-0.05, 0) is 71.5 Å². The molecule has 4 rings (SSSR count). The summed E-state index contributed by atoms with van der Waals surface area (Å²) >= 11 is 6.81. The maximum atomic E-state index is 6.81. The van der Waals surface area contributed by atoms with Gasteiger partial charge in [-0.25, -0.2) is 0 Å². The number of benzene rings is 3. The number of para-hydroxylation sites is 1. The number of hydrogen-bond donors (Lipinski definition) is 0. The minimum Gasteiger partial charge on any atom is -0.497 e. The van der Waals surface area contributed by atoms with E-state index in [4.69, 9.17) is 21.1 Å². The van der Waals surface area contributed by atoms with Gasteiger partial charge in [0.1, 0.15) is 17.2 Å². The van der Waals surface area contributed by atoms with Gasteiger partial charge in [0.25, 0.3) is 0 Å². The van der Waals surface area contributed by atoms with Crippen LogP contribution in [0.3, 0.4) is 0 Å². The Morgan fingerprint density at radius 2 is 1.32 bits per heavy atom. The molecule has 0 aliphatic heterocycles. The highest BCUT2D eigenvalue weighted by atomic mass is 35.5. The van der Waals surface area contributed by atoms with Crippen LogP contribution in [0.5, 0.6) is 17.2 Å². The molecule has 0 aromatic heterocycles. The van der Waals surface area contributed by atoms with Crippen molar-refractivity contribution in [1.29, 1.82) is 0 Å². The third-order valence-electron chi connectivity index (χ3n) is 4.83. The summed E-state index contributed by atoms with van der Waals surface area (Å²) in [5.74, 6) is 2.48. The van der Waals surface area contributed by atoms with Gasteiger partial charge in [-0.15, -0.1) is 0 Å². The molecule has 2 nitrogen and oxygen atoms in total. The Balaban J connectivity index is 1.57. The molecule has 0 unspecified atom stereocenters. The molecule has 0 radical (unpaired) electrons. The molecule has 0 saturated carbocycles. The van der Waals surface area contributed by atoms with Crippen molar-refractivity contribution in [2.75, 3.05) is 7.11 Å². The molecule has 140 valence electrons. The fourth-order valence-electron chi connectivity index (χ4n) is 3.36. The standard InChI is InChI=1S/C25H21ClO2/c1-27-20-14-10-18(11-15-20)23-8-5-9-24(25(23)26)19-12-16-22(17-13-19)28-21-6-3-2-4-7-21/h2-4,6-7,9-17H,5,8H2,1H3. The molecule has 3 heteroatoms. The van der Waals surface area contributed by atoms with Crippen molar-refractivity contribution >= 4 is 22.7 Å². The zero-order valence-corrected chi connectivity index (χ0v) is 16.4. The third-order valence-corrected chi connectivity index (χ3v) is 5.26. The van der Waals surface area contributed by atoms with Crippen molar-refractivity contribution in [2.24, 2.45) is 0 Å². The summed E-state index contributed by atoms with van der Waals surface area (Å²) in [5, 5.41) is 0.813. The van der Waals surface area contributed by atoms with Crippen LogP contribution in [0.2, 0.25) is 0 Å². The summed E-state index contributed by atoms with van der Waals surface area (Å²) in [6.45, 7) is 0. The van der Waals surface area contributed by atoms with E-state index in [1.807, 2.05) is 54.6 Å². The quantitative estimate of drug-likeness (QED) is 0.456. The smallest absolute Gasteiger partial charge is 0.127 e. The largest absolute Gasteiger partial charge is 0.497 e. The van der Waals surface area contributed by atoms with E-state index in [2.05, 4.69) is 30.3 Å². The average Bonchev–Trinajstić information content (AvgIpc) is 2.75. The lowest BCUT2D eigenvalue weighted by Crippen LogP contribution is -1.97. The van der Waals surface area contributed by atoms with E-state index in [9.17, 15) is 0 Å². The molecule has 0 atom stereocenters. The first-order chi connectivity index (χ1) is 13.7. The Hall–Kier alpha value is -2.97. The first-order valence-corrected chi connectivity index (χ1v) is 9.69. The highest BCUT2D eigenvalue weighted by Gasteiger charge is 2.17. The van der Waals surface area contributed by atoms with Crippen molar-refractivity contribution < 1.29 is 9.47 Å². The van der Waals surface area contributed by atoms with Gasteiger partial charge in [0, 0.05) is 0 Å². The topological polar surface area (TPSA) is 18.5 Å². The van der Waals surface area contributed by atoms with Crippen LogP contribution >= 0.6 is 11.6 Å². The van der Waals surface area contributed by atoms with Crippen LogP contribution in [-0.2, 0) is 0 Å². The summed E-state index contributed by atoms with van der Waals surface area (Å²) in [6, 6.07) is 25.9. The maximum absolute atomic E-state index is 6.81. The third kappa shape index (κ3) is 3.97. The number of rotatable bonds is 5. The summed E-state index contributed by atoms with van der Waals surface area (Å²) in [4.78, 5) is 0. The average molecular weight is 389 g/mol. The predicted octanol–water partition coefficient (Wildman–Crippen LogP) is 7.31. The second-order valence-electron chi connectivity index (χ2n) is 6.62. The molecular weight excluding hydrogens is 368 g/mol. The van der Waals surface area contributed by atoms with Gasteiger partial charge >= 0.3 is 0 Å². The fourth-order valence-corrected chi connectivity index (χ4v) is 3.75. The SMILES string of the molecule is COc1ccc(C2=C(Cl)C(c3ccc(Oc4ccccc4)cc3)=CCC2)cc1. The van der Waals surface area contributed by atoms with E-state index >= 15 is 0 Å². The second kappa shape index (κ2) is 8.37. The van der Waals surface area contributed by atoms with Crippen molar-refractivity contribution in [3.8, 4) is 17.2 Å². The van der Waals surface area contributed by atoms with Gasteiger partial charge in [0.05, 0.1) is 12.1 Å². The molecule has 3 aromatic rings.